The molecular formula is C13H18FNOS. The summed E-state index contributed by atoms with van der Waals surface area (Å²) in [5, 5.41) is 12.3. The first-order chi connectivity index (χ1) is 8.19. The molecule has 1 unspecified atom stereocenters. The maximum absolute atomic E-state index is 13.8. The van der Waals surface area contributed by atoms with E-state index >= 15 is 0 Å². The van der Waals surface area contributed by atoms with Crippen molar-refractivity contribution in [2.24, 2.45) is 0 Å². The second-order valence-electron chi connectivity index (χ2n) is 4.53. The van der Waals surface area contributed by atoms with Crippen molar-refractivity contribution in [2.45, 2.75) is 42.5 Å². The molecule has 0 bridgehead atoms. The number of rotatable bonds is 6. The van der Waals surface area contributed by atoms with E-state index < -0.39 is 0 Å². The molecule has 0 aromatic heterocycles. The van der Waals surface area contributed by atoms with Crippen LogP contribution < -0.4 is 5.32 Å². The average molecular weight is 255 g/mol. The van der Waals surface area contributed by atoms with Gasteiger partial charge in [0.1, 0.15) is 5.82 Å². The molecule has 1 fully saturated rings. The van der Waals surface area contributed by atoms with Gasteiger partial charge in [-0.25, -0.2) is 4.39 Å². The molecule has 0 radical (unpaired) electrons. The minimum absolute atomic E-state index is 0.0277. The molecule has 2 nitrogen and oxygen atoms in total. The second kappa shape index (κ2) is 5.85. The lowest BCUT2D eigenvalue weighted by Crippen LogP contribution is -2.15. The standard InChI is InChI=1S/C13H18FNOS/c1-9(8-16)17-13-5-2-10(6-12(13)14)7-15-11-3-4-11/h2,5-6,9,11,15-16H,3-4,7-8H2,1H3. The molecule has 4 heteroatoms. The van der Waals surface area contributed by atoms with Crippen LogP contribution in [0.4, 0.5) is 4.39 Å². The predicted octanol–water partition coefficient (Wildman–Crippen LogP) is 2.55. The number of halogens is 1. The number of hydrogen-bond donors (Lipinski definition) is 2. The predicted molar refractivity (Wildman–Crippen MR) is 68.7 cm³/mol. The zero-order valence-corrected chi connectivity index (χ0v) is 10.8. The van der Waals surface area contributed by atoms with Crippen molar-refractivity contribution >= 4 is 11.8 Å². The third-order valence-corrected chi connectivity index (χ3v) is 3.89. The van der Waals surface area contributed by atoms with Gasteiger partial charge in [0.25, 0.3) is 0 Å². The van der Waals surface area contributed by atoms with Crippen LogP contribution >= 0.6 is 11.8 Å². The summed E-state index contributed by atoms with van der Waals surface area (Å²) >= 11 is 1.37. The SMILES string of the molecule is CC(CO)Sc1ccc(CNC2CC2)cc1F. The Hall–Kier alpha value is -0.580. The maximum atomic E-state index is 13.8. The molecule has 1 aromatic carbocycles. The Bertz CT molecular complexity index is 382. The van der Waals surface area contributed by atoms with Crippen molar-refractivity contribution in [3.05, 3.63) is 29.6 Å². The van der Waals surface area contributed by atoms with Crippen LogP contribution in [0.5, 0.6) is 0 Å². The number of thioether (sulfide) groups is 1. The van der Waals surface area contributed by atoms with Crippen LogP contribution in [-0.2, 0) is 6.54 Å². The van der Waals surface area contributed by atoms with Gasteiger partial charge in [-0.05, 0) is 30.5 Å². The molecule has 0 saturated heterocycles. The summed E-state index contributed by atoms with van der Waals surface area (Å²) in [6, 6.07) is 5.98. The van der Waals surface area contributed by atoms with Crippen LogP contribution in [-0.4, -0.2) is 23.0 Å². The summed E-state index contributed by atoms with van der Waals surface area (Å²) in [7, 11) is 0. The van der Waals surface area contributed by atoms with Gasteiger partial charge in [-0.2, -0.15) is 0 Å². The van der Waals surface area contributed by atoms with Crippen molar-refractivity contribution in [3.8, 4) is 0 Å². The molecule has 1 atom stereocenters. The van der Waals surface area contributed by atoms with E-state index in [1.54, 1.807) is 12.1 Å². The van der Waals surface area contributed by atoms with Crippen molar-refractivity contribution in [1.82, 2.24) is 5.32 Å². The molecule has 0 aliphatic heterocycles. The summed E-state index contributed by atoms with van der Waals surface area (Å²) in [6.45, 7) is 2.68. The summed E-state index contributed by atoms with van der Waals surface area (Å²) in [4.78, 5) is 0.613. The molecule has 0 spiro atoms. The summed E-state index contributed by atoms with van der Waals surface area (Å²) in [5.74, 6) is -0.189. The first-order valence-electron chi connectivity index (χ1n) is 5.98. The van der Waals surface area contributed by atoms with Crippen molar-refractivity contribution in [1.29, 1.82) is 0 Å². The van der Waals surface area contributed by atoms with Crippen LogP contribution in [0.15, 0.2) is 23.1 Å². The van der Waals surface area contributed by atoms with E-state index in [9.17, 15) is 4.39 Å². The lowest BCUT2D eigenvalue weighted by Gasteiger charge is -2.10. The lowest BCUT2D eigenvalue weighted by atomic mass is 10.2. The highest BCUT2D eigenvalue weighted by Crippen LogP contribution is 2.27. The van der Waals surface area contributed by atoms with Crippen molar-refractivity contribution in [2.75, 3.05) is 6.61 Å². The average Bonchev–Trinajstić information content (AvgIpc) is 3.13. The van der Waals surface area contributed by atoms with E-state index in [0.29, 0.717) is 10.9 Å². The number of hydrogen-bond acceptors (Lipinski definition) is 3. The highest BCUT2D eigenvalue weighted by atomic mass is 32.2. The Kier molecular flexibility index (Phi) is 4.42. The molecular weight excluding hydrogens is 237 g/mol. The Morgan fingerprint density at radius 3 is 2.88 bits per heavy atom. The van der Waals surface area contributed by atoms with Gasteiger partial charge in [-0.15, -0.1) is 11.8 Å². The topological polar surface area (TPSA) is 32.3 Å². The van der Waals surface area contributed by atoms with Crippen LogP contribution in [0, 0.1) is 5.82 Å². The molecule has 17 heavy (non-hydrogen) atoms. The minimum atomic E-state index is -0.189. The van der Waals surface area contributed by atoms with Gasteiger partial charge in [-0.1, -0.05) is 13.0 Å². The first kappa shape index (κ1) is 12.9. The molecule has 1 saturated carbocycles. The van der Waals surface area contributed by atoms with Crippen LogP contribution in [0.2, 0.25) is 0 Å². The van der Waals surface area contributed by atoms with Gasteiger partial charge in [0, 0.05) is 22.7 Å². The molecule has 1 aromatic rings. The second-order valence-corrected chi connectivity index (χ2v) is 6.01. The third kappa shape index (κ3) is 3.98. The fourth-order valence-electron chi connectivity index (χ4n) is 1.55. The highest BCUT2D eigenvalue weighted by Gasteiger charge is 2.20. The van der Waals surface area contributed by atoms with Gasteiger partial charge < -0.3 is 10.4 Å². The monoisotopic (exact) mass is 255 g/mol. The molecule has 0 heterocycles. The van der Waals surface area contributed by atoms with Gasteiger partial charge in [-0.3, -0.25) is 0 Å². The normalized spacial score (nSPS) is 17.1. The van der Waals surface area contributed by atoms with E-state index in [1.165, 1.54) is 24.6 Å². The molecule has 2 rings (SSSR count). The van der Waals surface area contributed by atoms with Crippen LogP contribution in [0.25, 0.3) is 0 Å². The molecule has 0 amide bonds. The van der Waals surface area contributed by atoms with Crippen LogP contribution in [0.1, 0.15) is 25.3 Å². The zero-order chi connectivity index (χ0) is 12.3. The van der Waals surface area contributed by atoms with Gasteiger partial charge in [0.2, 0.25) is 0 Å². The number of aliphatic hydroxyl groups is 1. The minimum Gasteiger partial charge on any atom is -0.395 e. The summed E-state index contributed by atoms with van der Waals surface area (Å²) in [5.41, 5.74) is 0.982. The Morgan fingerprint density at radius 2 is 2.29 bits per heavy atom. The molecule has 1 aliphatic carbocycles. The summed E-state index contributed by atoms with van der Waals surface area (Å²) in [6.07, 6.45) is 2.48. The van der Waals surface area contributed by atoms with Crippen LogP contribution in [0.3, 0.4) is 0 Å². The van der Waals surface area contributed by atoms with E-state index in [4.69, 9.17) is 5.11 Å². The molecule has 1 aliphatic rings. The van der Waals surface area contributed by atoms with E-state index in [-0.39, 0.29) is 17.7 Å². The Balaban J connectivity index is 1.94. The fraction of sp³-hybridized carbons (Fsp3) is 0.538. The number of aliphatic hydroxyl groups excluding tert-OH is 1. The largest absolute Gasteiger partial charge is 0.395 e. The highest BCUT2D eigenvalue weighted by molar-refractivity contribution is 8.00. The van der Waals surface area contributed by atoms with Gasteiger partial charge in [0.15, 0.2) is 0 Å². The smallest absolute Gasteiger partial charge is 0.137 e. The Labute approximate surface area is 106 Å². The third-order valence-electron chi connectivity index (χ3n) is 2.75. The zero-order valence-electron chi connectivity index (χ0n) is 9.95. The first-order valence-corrected chi connectivity index (χ1v) is 6.86. The maximum Gasteiger partial charge on any atom is 0.137 e. The molecule has 2 N–H and O–H groups in total. The Morgan fingerprint density at radius 1 is 1.53 bits per heavy atom. The lowest BCUT2D eigenvalue weighted by molar-refractivity contribution is 0.300. The van der Waals surface area contributed by atoms with Gasteiger partial charge >= 0.3 is 0 Å². The van der Waals surface area contributed by atoms with Crippen molar-refractivity contribution in [3.63, 3.8) is 0 Å². The molecule has 94 valence electrons. The number of nitrogens with one attached hydrogen (secondary N) is 1. The van der Waals surface area contributed by atoms with Gasteiger partial charge in [0.05, 0.1) is 6.61 Å². The van der Waals surface area contributed by atoms with E-state index in [1.807, 2.05) is 13.0 Å². The van der Waals surface area contributed by atoms with E-state index in [0.717, 1.165) is 12.1 Å². The number of benzene rings is 1. The quantitative estimate of drug-likeness (QED) is 0.766. The van der Waals surface area contributed by atoms with Crippen molar-refractivity contribution < 1.29 is 9.50 Å². The van der Waals surface area contributed by atoms with E-state index in [2.05, 4.69) is 5.32 Å². The fourth-order valence-corrected chi connectivity index (χ4v) is 2.38. The summed E-state index contributed by atoms with van der Waals surface area (Å²) < 4.78 is 13.8.